The fourth-order valence-corrected chi connectivity index (χ4v) is 3.97. The first-order valence-electron chi connectivity index (χ1n) is 9.18. The first-order chi connectivity index (χ1) is 13.6. The van der Waals surface area contributed by atoms with Gasteiger partial charge in [0.2, 0.25) is 0 Å². The normalized spacial score (nSPS) is 14.9. The average Bonchev–Trinajstić information content (AvgIpc) is 3.20. The number of anilines is 2. The molecule has 3 heterocycles. The van der Waals surface area contributed by atoms with Crippen molar-refractivity contribution in [2.24, 2.45) is 0 Å². The molecule has 7 nitrogen and oxygen atoms in total. The molecule has 1 fully saturated rings. The number of aromatic nitrogens is 3. The van der Waals surface area contributed by atoms with Gasteiger partial charge in [0.25, 0.3) is 5.91 Å². The van der Waals surface area contributed by atoms with Crippen LogP contribution in [0.1, 0.15) is 16.1 Å². The fraction of sp³-hybridized carbons (Fsp3) is 0.300. The maximum absolute atomic E-state index is 12.6. The molecular formula is C20H22N6OS. The van der Waals surface area contributed by atoms with E-state index in [4.69, 9.17) is 0 Å². The van der Waals surface area contributed by atoms with Crippen LogP contribution < -0.4 is 10.2 Å². The lowest BCUT2D eigenvalue weighted by atomic mass is 10.1. The van der Waals surface area contributed by atoms with E-state index in [0.717, 1.165) is 37.4 Å². The zero-order valence-electron chi connectivity index (χ0n) is 15.9. The minimum Gasteiger partial charge on any atom is -0.369 e. The summed E-state index contributed by atoms with van der Waals surface area (Å²) in [6, 6.07) is 7.80. The number of rotatable bonds is 4. The number of nitrogens with zero attached hydrogens (tertiary/aromatic N) is 5. The van der Waals surface area contributed by atoms with E-state index >= 15 is 0 Å². The van der Waals surface area contributed by atoms with Gasteiger partial charge in [0.15, 0.2) is 10.8 Å². The summed E-state index contributed by atoms with van der Waals surface area (Å²) in [5.74, 6) is 0.295. The van der Waals surface area contributed by atoms with Crippen LogP contribution in [0.25, 0.3) is 10.8 Å². The molecular weight excluding hydrogens is 372 g/mol. The van der Waals surface area contributed by atoms with Gasteiger partial charge >= 0.3 is 0 Å². The Hall–Kier alpha value is -2.84. The highest BCUT2D eigenvalue weighted by atomic mass is 32.1. The van der Waals surface area contributed by atoms with Crippen molar-refractivity contribution >= 4 is 28.6 Å². The second-order valence-electron chi connectivity index (χ2n) is 6.86. The van der Waals surface area contributed by atoms with E-state index in [0.29, 0.717) is 16.5 Å². The van der Waals surface area contributed by atoms with Crippen LogP contribution in [0.4, 0.5) is 11.4 Å². The summed E-state index contributed by atoms with van der Waals surface area (Å²) < 4.78 is 0. The van der Waals surface area contributed by atoms with Gasteiger partial charge in [-0.15, -0.1) is 11.3 Å². The van der Waals surface area contributed by atoms with Crippen molar-refractivity contribution in [1.29, 1.82) is 0 Å². The topological polar surface area (TPSA) is 74.2 Å². The molecule has 0 saturated carbocycles. The van der Waals surface area contributed by atoms with Gasteiger partial charge in [-0.2, -0.15) is 0 Å². The summed E-state index contributed by atoms with van der Waals surface area (Å²) in [5.41, 5.74) is 3.52. The predicted molar refractivity (Wildman–Crippen MR) is 112 cm³/mol. The molecule has 1 aliphatic heterocycles. The quantitative estimate of drug-likeness (QED) is 0.733. The molecule has 0 radical (unpaired) electrons. The SMILES string of the molecule is Cc1cc(NC(=O)c2csc(-c3ncccn3)n2)ccc1N1CCN(C)CC1. The minimum absolute atomic E-state index is 0.231. The Morgan fingerprint density at radius 3 is 2.61 bits per heavy atom. The van der Waals surface area contributed by atoms with Gasteiger partial charge in [0.05, 0.1) is 0 Å². The Morgan fingerprint density at radius 2 is 1.89 bits per heavy atom. The molecule has 1 saturated heterocycles. The summed E-state index contributed by atoms with van der Waals surface area (Å²) in [5, 5.41) is 5.30. The van der Waals surface area contributed by atoms with E-state index in [1.807, 2.05) is 12.1 Å². The van der Waals surface area contributed by atoms with Crippen LogP contribution in [0.15, 0.2) is 42.0 Å². The number of benzene rings is 1. The number of likely N-dealkylation sites (N-methyl/N-ethyl adjacent to an activating group) is 1. The smallest absolute Gasteiger partial charge is 0.275 e. The zero-order valence-corrected chi connectivity index (χ0v) is 16.7. The van der Waals surface area contributed by atoms with Crippen LogP contribution >= 0.6 is 11.3 Å². The van der Waals surface area contributed by atoms with Crippen molar-refractivity contribution in [2.45, 2.75) is 6.92 Å². The van der Waals surface area contributed by atoms with Crippen LogP contribution in [0.3, 0.4) is 0 Å². The summed E-state index contributed by atoms with van der Waals surface area (Å²) in [7, 11) is 2.15. The molecule has 3 aromatic rings. The monoisotopic (exact) mass is 394 g/mol. The van der Waals surface area contributed by atoms with Gasteiger partial charge in [0, 0.05) is 55.3 Å². The molecule has 4 rings (SSSR count). The molecule has 0 aliphatic carbocycles. The molecule has 1 aromatic carbocycles. The molecule has 28 heavy (non-hydrogen) atoms. The number of hydrogen-bond donors (Lipinski definition) is 1. The van der Waals surface area contributed by atoms with Crippen molar-refractivity contribution in [3.8, 4) is 10.8 Å². The highest BCUT2D eigenvalue weighted by Crippen LogP contribution is 2.25. The Kier molecular flexibility index (Phi) is 5.31. The maximum Gasteiger partial charge on any atom is 0.275 e. The van der Waals surface area contributed by atoms with Crippen molar-refractivity contribution < 1.29 is 4.79 Å². The van der Waals surface area contributed by atoms with Crippen molar-refractivity contribution in [3.63, 3.8) is 0 Å². The van der Waals surface area contributed by atoms with E-state index in [9.17, 15) is 4.79 Å². The number of hydrogen-bond acceptors (Lipinski definition) is 7. The Bertz CT molecular complexity index is 966. The highest BCUT2D eigenvalue weighted by molar-refractivity contribution is 7.13. The number of aryl methyl sites for hydroxylation is 1. The highest BCUT2D eigenvalue weighted by Gasteiger charge is 2.17. The Morgan fingerprint density at radius 1 is 1.14 bits per heavy atom. The molecule has 2 aromatic heterocycles. The van der Waals surface area contributed by atoms with Gasteiger partial charge in [-0.3, -0.25) is 4.79 Å². The maximum atomic E-state index is 12.6. The third-order valence-electron chi connectivity index (χ3n) is 4.79. The number of nitrogens with one attached hydrogen (secondary N) is 1. The standard InChI is InChI=1S/C20H22N6OS/c1-14-12-15(4-5-17(14)26-10-8-25(2)9-11-26)23-19(27)16-13-28-20(24-16)18-21-6-3-7-22-18/h3-7,12-13H,8-11H2,1-2H3,(H,23,27). The molecule has 1 aliphatic rings. The van der Waals surface area contributed by atoms with Crippen LogP contribution in [0.2, 0.25) is 0 Å². The largest absolute Gasteiger partial charge is 0.369 e. The summed E-state index contributed by atoms with van der Waals surface area (Å²) >= 11 is 1.36. The molecule has 1 amide bonds. The predicted octanol–water partition coefficient (Wildman–Crippen LogP) is 2.91. The van der Waals surface area contributed by atoms with Gasteiger partial charge in [-0.25, -0.2) is 15.0 Å². The van der Waals surface area contributed by atoms with Crippen molar-refractivity contribution in [2.75, 3.05) is 43.4 Å². The lowest BCUT2D eigenvalue weighted by Crippen LogP contribution is -2.44. The molecule has 0 bridgehead atoms. The Labute approximate surface area is 168 Å². The Balaban J connectivity index is 1.45. The zero-order chi connectivity index (χ0) is 19.5. The second kappa shape index (κ2) is 8.04. The van der Waals surface area contributed by atoms with E-state index in [2.05, 4.69) is 50.1 Å². The summed E-state index contributed by atoms with van der Waals surface area (Å²) in [6.07, 6.45) is 3.32. The molecule has 8 heteroatoms. The van der Waals surface area contributed by atoms with Gasteiger partial charge < -0.3 is 15.1 Å². The van der Waals surface area contributed by atoms with E-state index < -0.39 is 0 Å². The van der Waals surface area contributed by atoms with Crippen molar-refractivity contribution in [1.82, 2.24) is 19.9 Å². The number of carbonyl (C=O) groups is 1. The van der Waals surface area contributed by atoms with E-state index in [1.54, 1.807) is 23.8 Å². The first kappa shape index (κ1) is 18.5. The molecule has 0 unspecified atom stereocenters. The number of piperazine rings is 1. The number of carbonyl (C=O) groups excluding carboxylic acids is 1. The number of thiazole rings is 1. The fourth-order valence-electron chi connectivity index (χ4n) is 3.22. The van der Waals surface area contributed by atoms with Crippen LogP contribution in [-0.2, 0) is 0 Å². The summed E-state index contributed by atoms with van der Waals surface area (Å²) in [6.45, 7) is 6.25. The second-order valence-corrected chi connectivity index (χ2v) is 7.71. The third kappa shape index (κ3) is 4.02. The molecule has 1 N–H and O–H groups in total. The lowest BCUT2D eigenvalue weighted by molar-refractivity contribution is 0.102. The third-order valence-corrected chi connectivity index (χ3v) is 5.63. The van der Waals surface area contributed by atoms with Crippen LogP contribution in [0, 0.1) is 6.92 Å². The van der Waals surface area contributed by atoms with E-state index in [1.165, 1.54) is 17.0 Å². The van der Waals surface area contributed by atoms with Crippen LogP contribution in [0.5, 0.6) is 0 Å². The minimum atomic E-state index is -0.231. The van der Waals surface area contributed by atoms with E-state index in [-0.39, 0.29) is 5.91 Å². The summed E-state index contributed by atoms with van der Waals surface area (Å²) in [4.78, 5) is 30.0. The van der Waals surface area contributed by atoms with Gasteiger partial charge in [0.1, 0.15) is 5.69 Å². The van der Waals surface area contributed by atoms with Crippen LogP contribution in [-0.4, -0.2) is 59.0 Å². The average molecular weight is 395 g/mol. The van der Waals surface area contributed by atoms with Gasteiger partial charge in [-0.1, -0.05) is 0 Å². The molecule has 0 atom stereocenters. The lowest BCUT2D eigenvalue weighted by Gasteiger charge is -2.35. The number of amides is 1. The molecule has 144 valence electrons. The first-order valence-corrected chi connectivity index (χ1v) is 10.1. The van der Waals surface area contributed by atoms with Crippen molar-refractivity contribution in [3.05, 3.63) is 53.3 Å². The van der Waals surface area contributed by atoms with Gasteiger partial charge in [-0.05, 0) is 43.8 Å². The molecule has 0 spiro atoms.